The molecule has 2 aromatic rings. The Bertz CT molecular complexity index is 956. The van der Waals surface area contributed by atoms with Crippen molar-refractivity contribution in [3.8, 4) is 0 Å². The number of hydrogen-bond acceptors (Lipinski definition) is 4. The van der Waals surface area contributed by atoms with Gasteiger partial charge in [-0.3, -0.25) is 9.79 Å². The molecule has 1 atom stereocenters. The number of carboxylic acids is 1. The van der Waals surface area contributed by atoms with Gasteiger partial charge >= 0.3 is 5.97 Å². The summed E-state index contributed by atoms with van der Waals surface area (Å²) >= 11 is 12.2. The summed E-state index contributed by atoms with van der Waals surface area (Å²) in [7, 11) is 0. The highest BCUT2D eigenvalue weighted by Crippen LogP contribution is 2.32. The number of aromatic carboxylic acids is 1. The standard InChI is InChI=1S/C18H13Cl2N3O3/c1-10-12(9-21-16-11(18(25)26)5-4-7-14(16)20)17(24)23(22-10)15-8-3-2-6-13(15)19/h2-9,12H,1H3,(H,25,26). The van der Waals surface area contributed by atoms with E-state index in [1.807, 2.05) is 0 Å². The highest BCUT2D eigenvalue weighted by atomic mass is 35.5. The van der Waals surface area contributed by atoms with Crippen LogP contribution < -0.4 is 5.01 Å². The Hall–Kier alpha value is -2.70. The Labute approximate surface area is 159 Å². The number of benzene rings is 2. The molecule has 26 heavy (non-hydrogen) atoms. The molecule has 0 aromatic heterocycles. The van der Waals surface area contributed by atoms with Crippen molar-refractivity contribution in [2.75, 3.05) is 5.01 Å². The van der Waals surface area contributed by atoms with Gasteiger partial charge in [-0.1, -0.05) is 41.4 Å². The van der Waals surface area contributed by atoms with Gasteiger partial charge in [0, 0.05) is 6.21 Å². The number of carbonyl (C=O) groups excluding carboxylic acids is 1. The number of carboxylic acid groups (broad SMARTS) is 1. The van der Waals surface area contributed by atoms with E-state index >= 15 is 0 Å². The molecular weight excluding hydrogens is 377 g/mol. The summed E-state index contributed by atoms with van der Waals surface area (Å²) in [6.45, 7) is 1.69. The first-order chi connectivity index (χ1) is 12.4. The third kappa shape index (κ3) is 3.34. The molecular formula is C18H13Cl2N3O3. The molecule has 1 aliphatic rings. The molecule has 0 saturated heterocycles. The Morgan fingerprint density at radius 3 is 2.58 bits per heavy atom. The number of para-hydroxylation sites is 2. The summed E-state index contributed by atoms with van der Waals surface area (Å²) < 4.78 is 0. The summed E-state index contributed by atoms with van der Waals surface area (Å²) in [5.74, 6) is -2.21. The SMILES string of the molecule is CC1=NN(c2ccccc2Cl)C(=O)C1C=Nc1c(Cl)cccc1C(=O)O. The van der Waals surface area contributed by atoms with E-state index in [9.17, 15) is 14.7 Å². The molecule has 0 saturated carbocycles. The average Bonchev–Trinajstić information content (AvgIpc) is 2.88. The minimum Gasteiger partial charge on any atom is -0.478 e. The number of nitrogens with zero attached hydrogens (tertiary/aromatic N) is 3. The highest BCUT2D eigenvalue weighted by Gasteiger charge is 2.34. The molecule has 6 nitrogen and oxygen atoms in total. The molecule has 132 valence electrons. The molecule has 0 fully saturated rings. The Balaban J connectivity index is 1.92. The summed E-state index contributed by atoms with van der Waals surface area (Å²) in [4.78, 5) is 28.2. The number of amides is 1. The van der Waals surface area contributed by atoms with Crippen LogP contribution in [0.2, 0.25) is 10.0 Å². The quantitative estimate of drug-likeness (QED) is 0.784. The van der Waals surface area contributed by atoms with Crippen molar-refractivity contribution in [1.29, 1.82) is 0 Å². The molecule has 3 rings (SSSR count). The molecule has 0 aliphatic carbocycles. The van der Waals surface area contributed by atoms with Crippen molar-refractivity contribution >= 4 is 58.4 Å². The van der Waals surface area contributed by atoms with Crippen LogP contribution in [0.1, 0.15) is 17.3 Å². The van der Waals surface area contributed by atoms with E-state index in [1.165, 1.54) is 29.4 Å². The van der Waals surface area contributed by atoms with Crippen molar-refractivity contribution in [3.05, 3.63) is 58.1 Å². The normalized spacial score (nSPS) is 17.0. The molecule has 0 bridgehead atoms. The molecule has 0 spiro atoms. The van der Waals surface area contributed by atoms with Crippen molar-refractivity contribution in [3.63, 3.8) is 0 Å². The van der Waals surface area contributed by atoms with Crippen LogP contribution in [0.15, 0.2) is 52.6 Å². The minimum atomic E-state index is -1.15. The first-order valence-corrected chi connectivity index (χ1v) is 8.35. The molecule has 1 aliphatic heterocycles. The second kappa shape index (κ2) is 7.27. The van der Waals surface area contributed by atoms with Crippen LogP contribution in [-0.2, 0) is 4.79 Å². The number of hydrazone groups is 1. The lowest BCUT2D eigenvalue weighted by Gasteiger charge is -2.14. The van der Waals surface area contributed by atoms with Gasteiger partial charge in [0.25, 0.3) is 5.91 Å². The molecule has 1 amide bonds. The fourth-order valence-corrected chi connectivity index (χ4v) is 2.95. The maximum Gasteiger partial charge on any atom is 0.337 e. The summed E-state index contributed by atoms with van der Waals surface area (Å²) in [6, 6.07) is 11.3. The van der Waals surface area contributed by atoms with E-state index in [4.69, 9.17) is 23.2 Å². The lowest BCUT2D eigenvalue weighted by Crippen LogP contribution is -2.28. The van der Waals surface area contributed by atoms with Crippen LogP contribution >= 0.6 is 23.2 Å². The predicted octanol–water partition coefficient (Wildman–Crippen LogP) is 4.43. The van der Waals surface area contributed by atoms with E-state index in [2.05, 4.69) is 10.1 Å². The molecule has 0 radical (unpaired) electrons. The smallest absolute Gasteiger partial charge is 0.337 e. The molecule has 8 heteroatoms. The minimum absolute atomic E-state index is 0.0447. The van der Waals surface area contributed by atoms with Gasteiger partial charge in [0.1, 0.15) is 5.92 Å². The zero-order chi connectivity index (χ0) is 18.8. The van der Waals surface area contributed by atoms with Gasteiger partial charge in [-0.15, -0.1) is 0 Å². The molecule has 2 aromatic carbocycles. The van der Waals surface area contributed by atoms with Crippen LogP contribution in [0, 0.1) is 5.92 Å². The number of anilines is 1. The second-order valence-electron chi connectivity index (χ2n) is 5.54. The van der Waals surface area contributed by atoms with E-state index in [-0.39, 0.29) is 22.2 Å². The van der Waals surface area contributed by atoms with E-state index in [0.717, 1.165) is 0 Å². The highest BCUT2D eigenvalue weighted by molar-refractivity contribution is 6.35. The van der Waals surface area contributed by atoms with E-state index in [0.29, 0.717) is 16.4 Å². The van der Waals surface area contributed by atoms with Crippen molar-refractivity contribution in [2.45, 2.75) is 6.92 Å². The molecule has 1 N–H and O–H groups in total. The third-order valence-corrected chi connectivity index (χ3v) is 4.46. The van der Waals surface area contributed by atoms with Gasteiger partial charge in [-0.25, -0.2) is 4.79 Å². The number of aliphatic imine (C=N–C) groups is 1. The maximum absolute atomic E-state index is 12.7. The van der Waals surface area contributed by atoms with Crippen LogP contribution in [0.4, 0.5) is 11.4 Å². The summed E-state index contributed by atoms with van der Waals surface area (Å²) in [5.41, 5.74) is 1.04. The topological polar surface area (TPSA) is 82.3 Å². The van der Waals surface area contributed by atoms with Crippen molar-refractivity contribution in [1.82, 2.24) is 0 Å². The molecule has 1 unspecified atom stereocenters. The number of rotatable bonds is 4. The zero-order valence-electron chi connectivity index (χ0n) is 13.6. The average molecular weight is 390 g/mol. The van der Waals surface area contributed by atoms with Gasteiger partial charge in [-0.05, 0) is 31.2 Å². The lowest BCUT2D eigenvalue weighted by molar-refractivity contribution is -0.118. The lowest BCUT2D eigenvalue weighted by atomic mass is 10.1. The third-order valence-electron chi connectivity index (χ3n) is 3.83. The Kier molecular flexibility index (Phi) is 5.06. The largest absolute Gasteiger partial charge is 0.478 e. The fraction of sp³-hybridized carbons (Fsp3) is 0.111. The molecule has 1 heterocycles. The van der Waals surface area contributed by atoms with Gasteiger partial charge < -0.3 is 5.11 Å². The van der Waals surface area contributed by atoms with Crippen LogP contribution in [0.3, 0.4) is 0 Å². The van der Waals surface area contributed by atoms with Crippen LogP contribution in [-0.4, -0.2) is 28.9 Å². The first-order valence-electron chi connectivity index (χ1n) is 7.59. The zero-order valence-corrected chi connectivity index (χ0v) is 15.1. The summed E-state index contributed by atoms with van der Waals surface area (Å²) in [5, 5.41) is 15.3. The Morgan fingerprint density at radius 1 is 1.19 bits per heavy atom. The van der Waals surface area contributed by atoms with Gasteiger partial charge in [0.15, 0.2) is 0 Å². The summed E-state index contributed by atoms with van der Waals surface area (Å²) in [6.07, 6.45) is 1.35. The van der Waals surface area contributed by atoms with Crippen LogP contribution in [0.5, 0.6) is 0 Å². The monoisotopic (exact) mass is 389 g/mol. The van der Waals surface area contributed by atoms with E-state index in [1.54, 1.807) is 31.2 Å². The first kappa shape index (κ1) is 18.1. The van der Waals surface area contributed by atoms with Crippen molar-refractivity contribution in [2.24, 2.45) is 16.0 Å². The van der Waals surface area contributed by atoms with Gasteiger partial charge in [0.2, 0.25) is 0 Å². The number of carbonyl (C=O) groups is 2. The number of hydrogen-bond donors (Lipinski definition) is 1. The van der Waals surface area contributed by atoms with Gasteiger partial charge in [0.05, 0.1) is 32.7 Å². The second-order valence-corrected chi connectivity index (χ2v) is 6.35. The maximum atomic E-state index is 12.7. The van der Waals surface area contributed by atoms with Gasteiger partial charge in [-0.2, -0.15) is 10.1 Å². The number of halogens is 2. The van der Waals surface area contributed by atoms with Crippen molar-refractivity contribution < 1.29 is 14.7 Å². The fourth-order valence-electron chi connectivity index (χ4n) is 2.52. The Morgan fingerprint density at radius 2 is 1.88 bits per heavy atom. The van der Waals surface area contributed by atoms with E-state index < -0.39 is 11.9 Å². The predicted molar refractivity (Wildman–Crippen MR) is 102 cm³/mol. The van der Waals surface area contributed by atoms with Crippen LogP contribution in [0.25, 0.3) is 0 Å².